The number of benzene rings is 1. The lowest BCUT2D eigenvalue weighted by atomic mass is 9.78. The quantitative estimate of drug-likeness (QED) is 0.828. The Morgan fingerprint density at radius 2 is 1.67 bits per heavy atom. The van der Waals surface area contributed by atoms with Crippen LogP contribution in [-0.4, -0.2) is 72.7 Å². The topological polar surface area (TPSA) is 44.8 Å². The average Bonchev–Trinajstić information content (AvgIpc) is 3.25. The molecule has 0 aromatic heterocycles. The zero-order valence-corrected chi connectivity index (χ0v) is 18.3. The summed E-state index contributed by atoms with van der Waals surface area (Å²) in [6.07, 6.45) is 10.2. The molecule has 2 aliphatic carbocycles. The molecule has 1 N–H and O–H groups in total. The highest BCUT2D eigenvalue weighted by atomic mass is 16.5. The second kappa shape index (κ2) is 8.97. The fourth-order valence-corrected chi connectivity index (χ4v) is 6.38. The summed E-state index contributed by atoms with van der Waals surface area (Å²) in [6, 6.07) is 9.78. The highest BCUT2D eigenvalue weighted by molar-refractivity contribution is 5.86. The summed E-state index contributed by atoms with van der Waals surface area (Å²) in [5.41, 5.74) is 2.73. The molecule has 4 aliphatic rings. The molecule has 30 heavy (non-hydrogen) atoms. The van der Waals surface area contributed by atoms with Crippen LogP contribution < -0.4 is 5.32 Å². The smallest absolute Gasteiger partial charge is 0.240 e. The third-order valence-corrected chi connectivity index (χ3v) is 8.05. The van der Waals surface area contributed by atoms with Gasteiger partial charge in [0, 0.05) is 31.7 Å². The van der Waals surface area contributed by atoms with Crippen LogP contribution in [0.15, 0.2) is 24.3 Å². The first-order chi connectivity index (χ1) is 14.7. The number of piperidine rings is 1. The lowest BCUT2D eigenvalue weighted by Crippen LogP contribution is -2.64. The normalized spacial score (nSPS) is 28.2. The molecule has 5 heteroatoms. The molecular weight excluding hydrogens is 374 g/mol. The molecule has 5 nitrogen and oxygen atoms in total. The minimum Gasteiger partial charge on any atom is -0.379 e. The van der Waals surface area contributed by atoms with Gasteiger partial charge in [0.1, 0.15) is 5.54 Å². The van der Waals surface area contributed by atoms with Crippen LogP contribution in [0.3, 0.4) is 0 Å². The van der Waals surface area contributed by atoms with E-state index in [-0.39, 0.29) is 11.6 Å². The zero-order valence-electron chi connectivity index (χ0n) is 18.3. The predicted molar refractivity (Wildman–Crippen MR) is 119 cm³/mol. The molecule has 0 spiro atoms. The number of nitrogens with one attached hydrogen (secondary N) is 1. The average molecular weight is 412 g/mol. The van der Waals surface area contributed by atoms with Crippen LogP contribution in [0.1, 0.15) is 56.1 Å². The molecule has 2 saturated heterocycles. The zero-order chi connectivity index (χ0) is 20.4. The van der Waals surface area contributed by atoms with Crippen molar-refractivity contribution in [1.29, 1.82) is 0 Å². The van der Waals surface area contributed by atoms with Gasteiger partial charge in [-0.1, -0.05) is 43.5 Å². The van der Waals surface area contributed by atoms with Crippen molar-refractivity contribution in [2.45, 2.75) is 75.4 Å². The summed E-state index contributed by atoms with van der Waals surface area (Å²) in [6.45, 7) is 5.47. The highest BCUT2D eigenvalue weighted by Crippen LogP contribution is 2.35. The van der Waals surface area contributed by atoms with E-state index in [0.717, 1.165) is 65.0 Å². The maximum Gasteiger partial charge on any atom is 0.240 e. The first-order valence-corrected chi connectivity index (χ1v) is 12.2. The number of hydrogen-bond acceptors (Lipinski definition) is 4. The van der Waals surface area contributed by atoms with Gasteiger partial charge in [0.2, 0.25) is 5.91 Å². The molecule has 0 radical (unpaired) electrons. The van der Waals surface area contributed by atoms with Gasteiger partial charge in [-0.25, -0.2) is 0 Å². The lowest BCUT2D eigenvalue weighted by molar-refractivity contribution is -0.141. The molecule has 1 atom stereocenters. The van der Waals surface area contributed by atoms with E-state index in [1.165, 1.54) is 43.4 Å². The number of amides is 1. The van der Waals surface area contributed by atoms with Gasteiger partial charge in [0.25, 0.3) is 0 Å². The lowest BCUT2D eigenvalue weighted by Gasteiger charge is -2.47. The summed E-state index contributed by atoms with van der Waals surface area (Å²) in [4.78, 5) is 18.8. The Bertz CT molecular complexity index is 715. The number of ether oxygens (including phenoxy) is 1. The fraction of sp³-hybridized carbons (Fsp3) is 0.720. The van der Waals surface area contributed by atoms with Crippen LogP contribution in [0.5, 0.6) is 0 Å². The van der Waals surface area contributed by atoms with Gasteiger partial charge in [-0.05, 0) is 56.2 Å². The molecule has 1 amide bonds. The van der Waals surface area contributed by atoms with E-state index in [1.807, 2.05) is 0 Å². The molecule has 2 aliphatic heterocycles. The molecule has 1 aromatic rings. The summed E-state index contributed by atoms with van der Waals surface area (Å²) >= 11 is 0. The third kappa shape index (κ3) is 4.04. The number of carbonyl (C=O) groups excluding carboxylic acids is 1. The summed E-state index contributed by atoms with van der Waals surface area (Å²) in [5, 5.41) is 3.54. The number of likely N-dealkylation sites (tertiary alicyclic amines) is 1. The van der Waals surface area contributed by atoms with Gasteiger partial charge in [0.15, 0.2) is 0 Å². The van der Waals surface area contributed by atoms with Crippen LogP contribution in [0.2, 0.25) is 0 Å². The SMILES string of the molecule is O=C(N[C@@H]1CCCN(C2Cc3ccccc3C2)C1)C1(N2CCOCC2)CCCCC1. The van der Waals surface area contributed by atoms with Crippen molar-refractivity contribution in [2.24, 2.45) is 0 Å². The number of nitrogens with zero attached hydrogens (tertiary/aromatic N) is 2. The molecule has 2 heterocycles. The van der Waals surface area contributed by atoms with Gasteiger partial charge in [-0.2, -0.15) is 0 Å². The monoisotopic (exact) mass is 411 g/mol. The highest BCUT2D eigenvalue weighted by Gasteiger charge is 2.46. The largest absolute Gasteiger partial charge is 0.379 e. The maximum atomic E-state index is 13.7. The van der Waals surface area contributed by atoms with E-state index < -0.39 is 0 Å². The van der Waals surface area contributed by atoms with Crippen molar-refractivity contribution < 1.29 is 9.53 Å². The Morgan fingerprint density at radius 3 is 2.37 bits per heavy atom. The summed E-state index contributed by atoms with van der Waals surface area (Å²) in [5.74, 6) is 0.297. The number of rotatable bonds is 4. The van der Waals surface area contributed by atoms with E-state index in [2.05, 4.69) is 39.4 Å². The first-order valence-electron chi connectivity index (χ1n) is 12.2. The number of carbonyl (C=O) groups is 1. The third-order valence-electron chi connectivity index (χ3n) is 8.05. The predicted octanol–water partition coefficient (Wildman–Crippen LogP) is 2.77. The van der Waals surface area contributed by atoms with Crippen molar-refractivity contribution in [3.8, 4) is 0 Å². The molecule has 5 rings (SSSR count). The Balaban J connectivity index is 1.23. The Morgan fingerprint density at radius 1 is 0.967 bits per heavy atom. The van der Waals surface area contributed by atoms with Gasteiger partial charge in [-0.15, -0.1) is 0 Å². The maximum absolute atomic E-state index is 13.7. The van der Waals surface area contributed by atoms with Crippen LogP contribution in [0.25, 0.3) is 0 Å². The van der Waals surface area contributed by atoms with E-state index in [9.17, 15) is 4.79 Å². The summed E-state index contributed by atoms with van der Waals surface area (Å²) < 4.78 is 5.58. The van der Waals surface area contributed by atoms with Crippen LogP contribution >= 0.6 is 0 Å². The van der Waals surface area contributed by atoms with E-state index in [4.69, 9.17) is 4.74 Å². The minimum absolute atomic E-state index is 0.287. The van der Waals surface area contributed by atoms with E-state index >= 15 is 0 Å². The molecule has 0 bridgehead atoms. The number of morpholine rings is 1. The van der Waals surface area contributed by atoms with Crippen molar-refractivity contribution in [1.82, 2.24) is 15.1 Å². The van der Waals surface area contributed by atoms with Crippen molar-refractivity contribution >= 4 is 5.91 Å². The molecule has 3 fully saturated rings. The van der Waals surface area contributed by atoms with Crippen molar-refractivity contribution in [3.63, 3.8) is 0 Å². The van der Waals surface area contributed by atoms with Crippen molar-refractivity contribution in [3.05, 3.63) is 35.4 Å². The Labute approximate surface area is 181 Å². The van der Waals surface area contributed by atoms with Gasteiger partial charge >= 0.3 is 0 Å². The van der Waals surface area contributed by atoms with Gasteiger partial charge < -0.3 is 10.1 Å². The minimum atomic E-state index is -0.298. The van der Waals surface area contributed by atoms with Crippen LogP contribution in [0, 0.1) is 0 Å². The Hall–Kier alpha value is -1.43. The first kappa shape index (κ1) is 20.5. The van der Waals surface area contributed by atoms with Crippen LogP contribution in [-0.2, 0) is 22.4 Å². The fourth-order valence-electron chi connectivity index (χ4n) is 6.38. The van der Waals surface area contributed by atoms with Crippen molar-refractivity contribution in [2.75, 3.05) is 39.4 Å². The second-order valence-corrected chi connectivity index (χ2v) is 9.83. The second-order valence-electron chi connectivity index (χ2n) is 9.83. The molecule has 1 aromatic carbocycles. The van der Waals surface area contributed by atoms with E-state index in [1.54, 1.807) is 0 Å². The number of fused-ring (bicyclic) bond motifs is 1. The number of hydrogen-bond donors (Lipinski definition) is 1. The standard InChI is InChI=1S/C25H37N3O2/c29-24(25(10-4-1-5-11-25)28-13-15-30-16-14-28)26-22-9-6-12-27(19-22)23-17-20-7-2-3-8-21(20)18-23/h2-3,7-8,22-23H,1,4-6,9-19H2,(H,26,29)/t22-/m1/s1. The van der Waals surface area contributed by atoms with Gasteiger partial charge in [0.05, 0.1) is 13.2 Å². The Kier molecular flexibility index (Phi) is 6.12. The molecular formula is C25H37N3O2. The molecule has 1 saturated carbocycles. The van der Waals surface area contributed by atoms with Crippen LogP contribution in [0.4, 0.5) is 0 Å². The van der Waals surface area contributed by atoms with Gasteiger partial charge in [-0.3, -0.25) is 14.6 Å². The summed E-state index contributed by atoms with van der Waals surface area (Å²) in [7, 11) is 0. The molecule has 0 unspecified atom stereocenters. The molecule has 164 valence electrons. The van der Waals surface area contributed by atoms with E-state index in [0.29, 0.717) is 11.9 Å².